The molecule has 0 bridgehead atoms. The van der Waals surface area contributed by atoms with Crippen molar-refractivity contribution in [3.63, 3.8) is 0 Å². The van der Waals surface area contributed by atoms with Crippen LogP contribution in [0.1, 0.15) is 18.4 Å². The van der Waals surface area contributed by atoms with Crippen molar-refractivity contribution in [3.8, 4) is 0 Å². The van der Waals surface area contributed by atoms with Crippen molar-refractivity contribution in [2.24, 2.45) is 5.41 Å². The van der Waals surface area contributed by atoms with E-state index in [-0.39, 0.29) is 5.69 Å². The zero-order valence-electron chi connectivity index (χ0n) is 13.4. The van der Waals surface area contributed by atoms with Crippen LogP contribution in [0.15, 0.2) is 48.5 Å². The summed E-state index contributed by atoms with van der Waals surface area (Å²) < 4.78 is 38.3. The summed E-state index contributed by atoms with van der Waals surface area (Å²) in [5.74, 6) is -1.14. The highest BCUT2D eigenvalue weighted by molar-refractivity contribution is 6.31. The van der Waals surface area contributed by atoms with Crippen LogP contribution in [0.4, 0.5) is 24.5 Å². The molecule has 4 nitrogen and oxygen atoms in total. The van der Waals surface area contributed by atoms with Gasteiger partial charge < -0.3 is 10.6 Å². The first-order valence-electron chi connectivity index (χ1n) is 7.76. The molecule has 8 heteroatoms. The van der Waals surface area contributed by atoms with Crippen LogP contribution in [-0.4, -0.2) is 11.8 Å². The lowest BCUT2D eigenvalue weighted by Gasteiger charge is -2.16. The molecule has 1 fully saturated rings. The van der Waals surface area contributed by atoms with Gasteiger partial charge in [0.15, 0.2) is 0 Å². The third-order valence-electron chi connectivity index (χ3n) is 4.15. The molecule has 136 valence electrons. The molecule has 0 aliphatic heterocycles. The molecule has 2 N–H and O–H groups in total. The first-order valence-corrected chi connectivity index (χ1v) is 8.14. The highest BCUT2D eigenvalue weighted by Gasteiger charge is 2.56. The van der Waals surface area contributed by atoms with Crippen molar-refractivity contribution >= 4 is 34.8 Å². The van der Waals surface area contributed by atoms with Crippen LogP contribution in [0.2, 0.25) is 5.02 Å². The van der Waals surface area contributed by atoms with E-state index < -0.39 is 29.0 Å². The molecule has 0 heterocycles. The molecule has 1 aliphatic rings. The van der Waals surface area contributed by atoms with E-state index in [1.165, 1.54) is 12.1 Å². The van der Waals surface area contributed by atoms with E-state index in [0.717, 1.165) is 12.1 Å². The smallest absolute Gasteiger partial charge is 0.325 e. The SMILES string of the molecule is O=C(Nc1cccc(Cl)c1)C1(C(=O)Nc2cccc(C(F)(F)F)c2)CC1. The molecule has 2 aromatic carbocycles. The topological polar surface area (TPSA) is 58.2 Å². The number of halogens is 4. The number of alkyl halides is 3. The fourth-order valence-corrected chi connectivity index (χ4v) is 2.71. The number of nitrogens with one attached hydrogen (secondary N) is 2. The Hall–Kier alpha value is -2.54. The number of carbonyl (C=O) groups excluding carboxylic acids is 2. The predicted molar refractivity (Wildman–Crippen MR) is 91.8 cm³/mol. The molecular weight excluding hydrogens is 369 g/mol. The Morgan fingerprint density at radius 2 is 1.46 bits per heavy atom. The third-order valence-corrected chi connectivity index (χ3v) is 4.38. The van der Waals surface area contributed by atoms with Gasteiger partial charge in [0.25, 0.3) is 0 Å². The molecule has 2 amide bonds. The Morgan fingerprint density at radius 3 is 1.96 bits per heavy atom. The Balaban J connectivity index is 1.72. The lowest BCUT2D eigenvalue weighted by molar-refractivity contribution is -0.137. The van der Waals surface area contributed by atoms with Crippen LogP contribution < -0.4 is 10.6 Å². The van der Waals surface area contributed by atoms with Gasteiger partial charge in [0.05, 0.1) is 5.56 Å². The largest absolute Gasteiger partial charge is 0.416 e. The molecule has 0 spiro atoms. The number of hydrogen-bond acceptors (Lipinski definition) is 2. The highest BCUT2D eigenvalue weighted by Crippen LogP contribution is 2.47. The van der Waals surface area contributed by atoms with Crippen molar-refractivity contribution < 1.29 is 22.8 Å². The fourth-order valence-electron chi connectivity index (χ4n) is 2.52. The van der Waals surface area contributed by atoms with Crippen LogP contribution >= 0.6 is 11.6 Å². The van der Waals surface area contributed by atoms with Gasteiger partial charge in [-0.15, -0.1) is 0 Å². The van der Waals surface area contributed by atoms with Gasteiger partial charge in [-0.05, 0) is 49.2 Å². The van der Waals surface area contributed by atoms with Crippen LogP contribution in [0.3, 0.4) is 0 Å². The zero-order valence-corrected chi connectivity index (χ0v) is 14.1. The monoisotopic (exact) mass is 382 g/mol. The average molecular weight is 383 g/mol. The average Bonchev–Trinajstić information content (AvgIpc) is 3.36. The van der Waals surface area contributed by atoms with Crippen molar-refractivity contribution in [3.05, 3.63) is 59.1 Å². The summed E-state index contributed by atoms with van der Waals surface area (Å²) in [7, 11) is 0. The van der Waals surface area contributed by atoms with Gasteiger partial charge in [0, 0.05) is 16.4 Å². The number of amides is 2. The van der Waals surface area contributed by atoms with Gasteiger partial charge in [-0.2, -0.15) is 13.2 Å². The van der Waals surface area contributed by atoms with Gasteiger partial charge in [0.1, 0.15) is 5.41 Å². The second-order valence-corrected chi connectivity index (χ2v) is 6.52. The first kappa shape index (κ1) is 18.3. The molecule has 0 radical (unpaired) electrons. The van der Waals surface area contributed by atoms with E-state index in [0.29, 0.717) is 23.6 Å². The van der Waals surface area contributed by atoms with E-state index in [9.17, 15) is 22.8 Å². The van der Waals surface area contributed by atoms with Crippen molar-refractivity contribution in [1.82, 2.24) is 0 Å². The number of rotatable bonds is 4. The van der Waals surface area contributed by atoms with Crippen LogP contribution in [0.25, 0.3) is 0 Å². The van der Waals surface area contributed by atoms with E-state index in [2.05, 4.69) is 10.6 Å². The minimum atomic E-state index is -4.51. The second-order valence-electron chi connectivity index (χ2n) is 6.08. The van der Waals surface area contributed by atoms with E-state index in [4.69, 9.17) is 11.6 Å². The maximum absolute atomic E-state index is 12.8. The van der Waals surface area contributed by atoms with Crippen molar-refractivity contribution in [2.75, 3.05) is 10.6 Å². The van der Waals surface area contributed by atoms with Crippen molar-refractivity contribution in [1.29, 1.82) is 0 Å². The van der Waals surface area contributed by atoms with Crippen LogP contribution in [0, 0.1) is 5.41 Å². The fraction of sp³-hybridized carbons (Fsp3) is 0.222. The van der Waals surface area contributed by atoms with E-state index >= 15 is 0 Å². The summed E-state index contributed by atoms with van der Waals surface area (Å²) in [5.41, 5.74) is -1.72. The van der Waals surface area contributed by atoms with Gasteiger partial charge in [-0.3, -0.25) is 9.59 Å². The summed E-state index contributed by atoms with van der Waals surface area (Å²) in [5, 5.41) is 5.46. The molecule has 0 saturated heterocycles. The van der Waals surface area contributed by atoms with Crippen LogP contribution in [0.5, 0.6) is 0 Å². The standard InChI is InChI=1S/C18H14ClF3N2O2/c19-12-4-2-6-14(10-12)24-16(26)17(7-8-17)15(25)23-13-5-1-3-11(9-13)18(20,21)22/h1-6,9-10H,7-8H2,(H,23,25)(H,24,26). The van der Waals surface area contributed by atoms with Crippen molar-refractivity contribution in [2.45, 2.75) is 19.0 Å². The van der Waals surface area contributed by atoms with Gasteiger partial charge in [0.2, 0.25) is 11.8 Å². The zero-order chi connectivity index (χ0) is 18.9. The summed E-state index contributed by atoms with van der Waals surface area (Å²) in [6.45, 7) is 0. The van der Waals surface area contributed by atoms with Crippen LogP contribution in [-0.2, 0) is 15.8 Å². The normalized spacial score (nSPS) is 15.2. The Bertz CT molecular complexity index is 864. The predicted octanol–water partition coefficient (Wildman–Crippen LogP) is 4.72. The third kappa shape index (κ3) is 3.83. The number of carbonyl (C=O) groups is 2. The summed E-state index contributed by atoms with van der Waals surface area (Å²) in [6, 6.07) is 10.8. The highest BCUT2D eigenvalue weighted by atomic mass is 35.5. The minimum absolute atomic E-state index is 0.00773. The molecule has 26 heavy (non-hydrogen) atoms. The molecule has 0 unspecified atom stereocenters. The Labute approximate surface area is 152 Å². The first-order chi connectivity index (χ1) is 12.2. The summed E-state index contributed by atoms with van der Waals surface area (Å²) in [4.78, 5) is 24.9. The van der Waals surface area contributed by atoms with Gasteiger partial charge in [-0.25, -0.2) is 0 Å². The van der Waals surface area contributed by atoms with E-state index in [1.807, 2.05) is 0 Å². The Morgan fingerprint density at radius 1 is 0.923 bits per heavy atom. The summed E-state index contributed by atoms with van der Waals surface area (Å²) in [6.07, 6.45) is -3.86. The quantitative estimate of drug-likeness (QED) is 0.752. The number of hydrogen-bond donors (Lipinski definition) is 2. The molecule has 0 aromatic heterocycles. The lowest BCUT2D eigenvalue weighted by atomic mass is 10.0. The minimum Gasteiger partial charge on any atom is -0.325 e. The maximum atomic E-state index is 12.8. The molecular formula is C18H14ClF3N2O2. The molecule has 0 atom stereocenters. The molecule has 1 saturated carbocycles. The molecule has 2 aromatic rings. The number of benzene rings is 2. The second kappa shape index (κ2) is 6.64. The van der Waals surface area contributed by atoms with Gasteiger partial charge >= 0.3 is 6.18 Å². The summed E-state index contributed by atoms with van der Waals surface area (Å²) >= 11 is 5.86. The number of anilines is 2. The molecule has 3 rings (SSSR count). The Kier molecular flexibility index (Phi) is 4.66. The maximum Gasteiger partial charge on any atom is 0.416 e. The van der Waals surface area contributed by atoms with E-state index in [1.54, 1.807) is 24.3 Å². The molecule has 1 aliphatic carbocycles. The lowest BCUT2D eigenvalue weighted by Crippen LogP contribution is -2.35. The van der Waals surface area contributed by atoms with Gasteiger partial charge in [-0.1, -0.05) is 23.7 Å².